The van der Waals surface area contributed by atoms with Crippen molar-refractivity contribution in [2.45, 2.75) is 26.3 Å². The van der Waals surface area contributed by atoms with Gasteiger partial charge in [0.1, 0.15) is 5.69 Å². The molecule has 1 aliphatic rings. The van der Waals surface area contributed by atoms with Gasteiger partial charge >= 0.3 is 0 Å². The summed E-state index contributed by atoms with van der Waals surface area (Å²) in [6.45, 7) is 4.04. The van der Waals surface area contributed by atoms with E-state index in [0.717, 1.165) is 31.6 Å². The molecule has 2 aromatic heterocycles. The second-order valence-corrected chi connectivity index (χ2v) is 6.41. The number of hydrogen-bond acceptors (Lipinski definition) is 4. The van der Waals surface area contributed by atoms with Gasteiger partial charge < -0.3 is 10.2 Å². The monoisotopic (exact) mass is 338 g/mol. The number of piperidine rings is 1. The summed E-state index contributed by atoms with van der Waals surface area (Å²) in [6, 6.07) is 8.72. The Hall–Kier alpha value is -2.76. The van der Waals surface area contributed by atoms with Crippen LogP contribution in [0.25, 0.3) is 0 Å². The number of carbonyl (C=O) groups is 2. The molecule has 6 nitrogen and oxygen atoms in total. The van der Waals surface area contributed by atoms with Crippen molar-refractivity contribution < 1.29 is 9.59 Å². The van der Waals surface area contributed by atoms with Crippen LogP contribution in [0, 0.1) is 5.92 Å². The van der Waals surface area contributed by atoms with Gasteiger partial charge in [0.05, 0.1) is 12.2 Å². The molecule has 2 amide bonds. The molecule has 3 rings (SSSR count). The number of nitrogens with one attached hydrogen (secondary N) is 1. The Morgan fingerprint density at radius 1 is 1.16 bits per heavy atom. The number of aromatic nitrogens is 2. The van der Waals surface area contributed by atoms with Gasteiger partial charge in [-0.15, -0.1) is 0 Å². The van der Waals surface area contributed by atoms with Crippen molar-refractivity contribution in [1.82, 2.24) is 20.2 Å². The lowest BCUT2D eigenvalue weighted by atomic mass is 9.99. The van der Waals surface area contributed by atoms with E-state index in [4.69, 9.17) is 0 Å². The number of likely N-dealkylation sites (tertiary alicyclic amines) is 1. The van der Waals surface area contributed by atoms with E-state index in [2.05, 4.69) is 22.2 Å². The standard InChI is InChI=1S/C19H22N4O2/c1-14-6-10-23(11-7-14)19(25)17-12-15(5-9-21-17)18(24)22-13-16-4-2-3-8-20-16/h2-5,8-9,12,14H,6-7,10-11,13H2,1H3,(H,22,24). The minimum atomic E-state index is -0.241. The molecular weight excluding hydrogens is 316 g/mol. The lowest BCUT2D eigenvalue weighted by molar-refractivity contribution is 0.0691. The number of nitrogens with zero attached hydrogens (tertiary/aromatic N) is 3. The maximum absolute atomic E-state index is 12.6. The Labute approximate surface area is 147 Å². The number of hydrogen-bond donors (Lipinski definition) is 1. The first-order valence-electron chi connectivity index (χ1n) is 8.57. The van der Waals surface area contributed by atoms with Gasteiger partial charge in [-0.2, -0.15) is 0 Å². The fraction of sp³-hybridized carbons (Fsp3) is 0.368. The van der Waals surface area contributed by atoms with Crippen molar-refractivity contribution in [2.24, 2.45) is 5.92 Å². The highest BCUT2D eigenvalue weighted by atomic mass is 16.2. The topological polar surface area (TPSA) is 75.2 Å². The van der Waals surface area contributed by atoms with Crippen molar-refractivity contribution in [1.29, 1.82) is 0 Å². The highest BCUT2D eigenvalue weighted by Crippen LogP contribution is 2.18. The average Bonchev–Trinajstić information content (AvgIpc) is 2.67. The zero-order valence-corrected chi connectivity index (χ0v) is 14.3. The second-order valence-electron chi connectivity index (χ2n) is 6.41. The molecular formula is C19H22N4O2. The zero-order valence-electron chi connectivity index (χ0n) is 14.3. The van der Waals surface area contributed by atoms with Crippen LogP contribution >= 0.6 is 0 Å². The van der Waals surface area contributed by atoms with E-state index in [1.165, 1.54) is 6.20 Å². The SMILES string of the molecule is CC1CCN(C(=O)c2cc(C(=O)NCc3ccccn3)ccn2)CC1. The van der Waals surface area contributed by atoms with Crippen LogP contribution < -0.4 is 5.32 Å². The van der Waals surface area contributed by atoms with Crippen LogP contribution in [-0.4, -0.2) is 39.8 Å². The van der Waals surface area contributed by atoms with E-state index in [1.54, 1.807) is 18.3 Å². The number of carbonyl (C=O) groups excluding carboxylic acids is 2. The Morgan fingerprint density at radius 3 is 2.68 bits per heavy atom. The molecule has 25 heavy (non-hydrogen) atoms. The number of amides is 2. The van der Waals surface area contributed by atoms with Crippen LogP contribution in [0.5, 0.6) is 0 Å². The van der Waals surface area contributed by atoms with Crippen molar-refractivity contribution >= 4 is 11.8 Å². The first-order valence-corrected chi connectivity index (χ1v) is 8.57. The first kappa shape index (κ1) is 17.1. The van der Waals surface area contributed by atoms with Gasteiger partial charge in [0.25, 0.3) is 11.8 Å². The minimum absolute atomic E-state index is 0.105. The lowest BCUT2D eigenvalue weighted by Crippen LogP contribution is -2.38. The third-order valence-corrected chi connectivity index (χ3v) is 4.47. The van der Waals surface area contributed by atoms with Gasteiger partial charge in [0.15, 0.2) is 0 Å². The molecule has 6 heteroatoms. The lowest BCUT2D eigenvalue weighted by Gasteiger charge is -2.30. The van der Waals surface area contributed by atoms with Crippen LogP contribution in [0.15, 0.2) is 42.7 Å². The predicted octanol–water partition coefficient (Wildman–Crippen LogP) is 2.28. The second kappa shape index (κ2) is 7.88. The molecule has 0 unspecified atom stereocenters. The van der Waals surface area contributed by atoms with Crippen LogP contribution in [0.3, 0.4) is 0 Å². The summed E-state index contributed by atoms with van der Waals surface area (Å²) in [4.78, 5) is 35.0. The molecule has 0 atom stereocenters. The summed E-state index contributed by atoms with van der Waals surface area (Å²) >= 11 is 0. The largest absolute Gasteiger partial charge is 0.346 e. The normalized spacial score (nSPS) is 15.0. The maximum Gasteiger partial charge on any atom is 0.272 e. The molecule has 2 aromatic rings. The Balaban J connectivity index is 1.64. The molecule has 0 saturated carbocycles. The summed E-state index contributed by atoms with van der Waals surface area (Å²) in [5, 5.41) is 2.81. The van der Waals surface area contributed by atoms with Gasteiger partial charge in [-0.1, -0.05) is 13.0 Å². The quantitative estimate of drug-likeness (QED) is 0.928. The molecule has 0 spiro atoms. The van der Waals surface area contributed by atoms with Gasteiger partial charge in [0.2, 0.25) is 0 Å². The molecule has 1 saturated heterocycles. The van der Waals surface area contributed by atoms with E-state index in [1.807, 2.05) is 23.1 Å². The van der Waals surface area contributed by atoms with Crippen molar-refractivity contribution in [2.75, 3.05) is 13.1 Å². The van der Waals surface area contributed by atoms with E-state index in [9.17, 15) is 9.59 Å². The zero-order chi connectivity index (χ0) is 17.6. The predicted molar refractivity (Wildman–Crippen MR) is 93.9 cm³/mol. The summed E-state index contributed by atoms with van der Waals surface area (Å²) in [5.74, 6) is 0.307. The molecule has 0 radical (unpaired) electrons. The summed E-state index contributed by atoms with van der Waals surface area (Å²) in [5.41, 5.74) is 1.53. The third kappa shape index (κ3) is 4.41. The molecule has 130 valence electrons. The van der Waals surface area contributed by atoms with Gasteiger partial charge in [-0.05, 0) is 43.0 Å². The van der Waals surface area contributed by atoms with E-state index < -0.39 is 0 Å². The van der Waals surface area contributed by atoms with Gasteiger partial charge in [-0.25, -0.2) is 0 Å². The fourth-order valence-electron chi connectivity index (χ4n) is 2.84. The molecule has 3 heterocycles. The highest BCUT2D eigenvalue weighted by molar-refractivity contribution is 5.98. The van der Waals surface area contributed by atoms with E-state index in [-0.39, 0.29) is 11.8 Å². The molecule has 1 N–H and O–H groups in total. The van der Waals surface area contributed by atoms with Crippen molar-refractivity contribution in [3.05, 3.63) is 59.7 Å². The Bertz CT molecular complexity index is 740. The van der Waals surface area contributed by atoms with Crippen LogP contribution in [-0.2, 0) is 6.54 Å². The molecule has 0 aromatic carbocycles. The van der Waals surface area contributed by atoms with E-state index in [0.29, 0.717) is 23.7 Å². The van der Waals surface area contributed by atoms with E-state index >= 15 is 0 Å². The van der Waals surface area contributed by atoms with Crippen LogP contribution in [0.4, 0.5) is 0 Å². The van der Waals surface area contributed by atoms with Crippen molar-refractivity contribution in [3.63, 3.8) is 0 Å². The van der Waals surface area contributed by atoms with Gasteiger partial charge in [0, 0.05) is 31.0 Å². The average molecular weight is 338 g/mol. The van der Waals surface area contributed by atoms with Gasteiger partial charge in [-0.3, -0.25) is 19.6 Å². The fourth-order valence-corrected chi connectivity index (χ4v) is 2.84. The summed E-state index contributed by atoms with van der Waals surface area (Å²) in [6.07, 6.45) is 5.21. The number of pyridine rings is 2. The minimum Gasteiger partial charge on any atom is -0.346 e. The number of rotatable bonds is 4. The van der Waals surface area contributed by atoms with Crippen LogP contribution in [0.1, 0.15) is 46.3 Å². The third-order valence-electron chi connectivity index (χ3n) is 4.47. The molecule has 0 aliphatic carbocycles. The highest BCUT2D eigenvalue weighted by Gasteiger charge is 2.22. The smallest absolute Gasteiger partial charge is 0.272 e. The molecule has 0 bridgehead atoms. The maximum atomic E-state index is 12.6. The Morgan fingerprint density at radius 2 is 1.96 bits per heavy atom. The summed E-state index contributed by atoms with van der Waals surface area (Å²) < 4.78 is 0. The van der Waals surface area contributed by atoms with Crippen molar-refractivity contribution in [3.8, 4) is 0 Å². The molecule has 1 fully saturated rings. The van der Waals surface area contributed by atoms with Crippen LogP contribution in [0.2, 0.25) is 0 Å². The first-order chi connectivity index (χ1) is 12.1. The molecule has 1 aliphatic heterocycles. The summed E-state index contributed by atoms with van der Waals surface area (Å²) in [7, 11) is 0. The Kier molecular flexibility index (Phi) is 5.38.